The Hall–Kier alpha value is -1.60. The minimum atomic E-state index is -0.389. The lowest BCUT2D eigenvalue weighted by Crippen LogP contribution is -2.45. The van der Waals surface area contributed by atoms with Gasteiger partial charge in [0.25, 0.3) is 0 Å². The number of benzene rings is 1. The first kappa shape index (κ1) is 18.7. The minimum Gasteiger partial charge on any atom is -0.492 e. The third-order valence-electron chi connectivity index (χ3n) is 3.72. The van der Waals surface area contributed by atoms with Gasteiger partial charge in [-0.2, -0.15) is 0 Å². The number of carbonyl (C=O) groups excluding carboxylic acids is 1. The first-order valence-electron chi connectivity index (χ1n) is 7.76. The predicted octanol–water partition coefficient (Wildman–Crippen LogP) is 3.59. The first-order chi connectivity index (χ1) is 11.5. The Balaban J connectivity index is 2.31. The van der Waals surface area contributed by atoms with Crippen LogP contribution >= 0.6 is 28.1 Å². The summed E-state index contributed by atoms with van der Waals surface area (Å²) < 4.78 is 11.5. The van der Waals surface area contributed by atoms with E-state index < -0.39 is 0 Å². The normalized spacial score (nSPS) is 17.2. The fourth-order valence-electron chi connectivity index (χ4n) is 2.46. The van der Waals surface area contributed by atoms with Gasteiger partial charge in [0.2, 0.25) is 0 Å². The third-order valence-corrected chi connectivity index (χ3v) is 4.56. The molecule has 1 atom stereocenters. The van der Waals surface area contributed by atoms with Gasteiger partial charge in [-0.25, -0.2) is 4.79 Å². The summed E-state index contributed by atoms with van der Waals surface area (Å²) >= 11 is 8.76. The van der Waals surface area contributed by atoms with Gasteiger partial charge >= 0.3 is 5.97 Å². The number of hydrogen-bond acceptors (Lipinski definition) is 4. The van der Waals surface area contributed by atoms with E-state index in [0.29, 0.717) is 23.0 Å². The zero-order valence-electron chi connectivity index (χ0n) is 13.9. The number of carbonyl (C=O) groups is 1. The van der Waals surface area contributed by atoms with Crippen LogP contribution in [0, 0.1) is 0 Å². The fraction of sp³-hybridized carbons (Fsp3) is 0.412. The van der Waals surface area contributed by atoms with Gasteiger partial charge in [-0.15, -0.1) is 0 Å². The molecule has 24 heavy (non-hydrogen) atoms. The molecular formula is C17H21BrN2O3S. The second-order valence-corrected chi connectivity index (χ2v) is 6.72. The van der Waals surface area contributed by atoms with Gasteiger partial charge in [-0.3, -0.25) is 0 Å². The van der Waals surface area contributed by atoms with Crippen LogP contribution in [-0.4, -0.2) is 24.8 Å². The summed E-state index contributed by atoms with van der Waals surface area (Å²) in [5.74, 6) is 0.392. The number of ether oxygens (including phenoxy) is 2. The molecule has 0 saturated heterocycles. The van der Waals surface area contributed by atoms with Gasteiger partial charge < -0.3 is 20.1 Å². The summed E-state index contributed by atoms with van der Waals surface area (Å²) in [5, 5.41) is 6.57. The van der Waals surface area contributed by atoms with Crippen LogP contribution in [0.1, 0.15) is 38.3 Å². The molecule has 0 saturated carbocycles. The number of rotatable bonds is 6. The van der Waals surface area contributed by atoms with E-state index in [4.69, 9.17) is 21.7 Å². The van der Waals surface area contributed by atoms with Gasteiger partial charge in [-0.1, -0.05) is 19.4 Å². The van der Waals surface area contributed by atoms with Crippen molar-refractivity contribution in [2.45, 2.75) is 32.7 Å². The van der Waals surface area contributed by atoms with Gasteiger partial charge in [0.15, 0.2) is 5.11 Å². The van der Waals surface area contributed by atoms with Crippen molar-refractivity contribution in [1.29, 1.82) is 0 Å². The van der Waals surface area contributed by atoms with E-state index in [1.807, 2.05) is 25.1 Å². The lowest BCUT2D eigenvalue weighted by atomic mass is 9.95. The van der Waals surface area contributed by atoms with Crippen molar-refractivity contribution < 1.29 is 14.3 Å². The Morgan fingerprint density at radius 3 is 2.79 bits per heavy atom. The Kier molecular flexibility index (Phi) is 6.62. The molecular weight excluding hydrogens is 392 g/mol. The standard InChI is InChI=1S/C17H21BrN2O3S/c1-4-5-8-23-13-7-6-11(9-12(13)18)15-14(16(21)22-3)10(2)19-17(24)20-15/h6-7,9,15H,4-5,8H2,1-3H3,(H2,19,20,24)/t15-/m0/s1. The van der Waals surface area contributed by atoms with E-state index in [1.165, 1.54) is 7.11 Å². The van der Waals surface area contributed by atoms with E-state index in [1.54, 1.807) is 0 Å². The maximum Gasteiger partial charge on any atom is 0.337 e. The SMILES string of the molecule is CCCCOc1ccc([C@@H]2NC(=S)NC(C)=C2C(=O)OC)cc1Br. The average Bonchev–Trinajstić information content (AvgIpc) is 2.55. The van der Waals surface area contributed by atoms with E-state index >= 15 is 0 Å². The molecule has 7 heteroatoms. The van der Waals surface area contributed by atoms with Crippen molar-refractivity contribution >= 4 is 39.2 Å². The molecule has 0 aromatic heterocycles. The van der Waals surface area contributed by atoms with Crippen LogP contribution in [0.15, 0.2) is 33.9 Å². The summed E-state index contributed by atoms with van der Waals surface area (Å²) in [5.41, 5.74) is 2.10. The zero-order valence-corrected chi connectivity index (χ0v) is 16.3. The Bertz CT molecular complexity index is 676. The molecule has 0 radical (unpaired) electrons. The van der Waals surface area contributed by atoms with Gasteiger partial charge in [0, 0.05) is 5.70 Å². The molecule has 1 heterocycles. The van der Waals surface area contributed by atoms with Crippen LogP contribution in [0.5, 0.6) is 5.75 Å². The quantitative estimate of drug-likeness (QED) is 0.422. The van der Waals surface area contributed by atoms with Crippen LogP contribution in [0.2, 0.25) is 0 Å². The number of halogens is 1. The number of methoxy groups -OCH3 is 1. The van der Waals surface area contributed by atoms with E-state index in [9.17, 15) is 4.79 Å². The molecule has 1 aromatic carbocycles. The van der Waals surface area contributed by atoms with E-state index in [2.05, 4.69) is 33.5 Å². The van der Waals surface area contributed by atoms with E-state index in [-0.39, 0.29) is 12.0 Å². The smallest absolute Gasteiger partial charge is 0.337 e. The van der Waals surface area contributed by atoms with Crippen molar-refractivity contribution in [2.24, 2.45) is 0 Å². The molecule has 2 rings (SSSR count). The highest BCUT2D eigenvalue weighted by Gasteiger charge is 2.30. The Labute approximate surface area is 155 Å². The lowest BCUT2D eigenvalue weighted by Gasteiger charge is -2.29. The molecule has 0 bridgehead atoms. The number of hydrogen-bond donors (Lipinski definition) is 2. The molecule has 5 nitrogen and oxygen atoms in total. The van der Waals surface area contributed by atoms with Crippen molar-refractivity contribution in [1.82, 2.24) is 10.6 Å². The molecule has 1 aromatic rings. The minimum absolute atomic E-state index is 0.368. The molecule has 130 valence electrons. The molecule has 0 aliphatic carbocycles. The van der Waals surface area contributed by atoms with E-state index in [0.717, 1.165) is 28.6 Å². The third kappa shape index (κ3) is 4.27. The zero-order chi connectivity index (χ0) is 17.7. The summed E-state index contributed by atoms with van der Waals surface area (Å²) in [4.78, 5) is 12.2. The highest BCUT2D eigenvalue weighted by atomic mass is 79.9. The predicted molar refractivity (Wildman–Crippen MR) is 101 cm³/mol. The Morgan fingerprint density at radius 2 is 2.17 bits per heavy atom. The van der Waals surface area contributed by atoms with Crippen LogP contribution in [0.25, 0.3) is 0 Å². The maximum absolute atomic E-state index is 12.2. The van der Waals surface area contributed by atoms with Crippen LogP contribution < -0.4 is 15.4 Å². The maximum atomic E-state index is 12.2. The highest BCUT2D eigenvalue weighted by molar-refractivity contribution is 9.10. The molecule has 0 amide bonds. The van der Waals surface area contributed by atoms with Gasteiger partial charge in [0.05, 0.1) is 29.8 Å². The molecule has 2 N–H and O–H groups in total. The van der Waals surface area contributed by atoms with Crippen molar-refractivity contribution in [3.63, 3.8) is 0 Å². The Morgan fingerprint density at radius 1 is 1.42 bits per heavy atom. The highest BCUT2D eigenvalue weighted by Crippen LogP contribution is 2.33. The monoisotopic (exact) mass is 412 g/mol. The summed E-state index contributed by atoms with van der Waals surface area (Å²) in [6.45, 7) is 4.61. The second kappa shape index (κ2) is 8.48. The fourth-order valence-corrected chi connectivity index (χ4v) is 3.25. The number of nitrogens with one attached hydrogen (secondary N) is 2. The lowest BCUT2D eigenvalue weighted by molar-refractivity contribution is -0.136. The number of unbranched alkanes of at least 4 members (excludes halogenated alkanes) is 1. The van der Waals surface area contributed by atoms with Crippen molar-refractivity contribution in [2.75, 3.05) is 13.7 Å². The number of thiocarbonyl (C=S) groups is 1. The summed E-state index contributed by atoms with van der Waals surface area (Å²) in [6, 6.07) is 5.38. The van der Waals surface area contributed by atoms with Crippen molar-refractivity contribution in [3.8, 4) is 5.75 Å². The van der Waals surface area contributed by atoms with Crippen LogP contribution in [0.4, 0.5) is 0 Å². The number of allylic oxidation sites excluding steroid dienone is 1. The second-order valence-electron chi connectivity index (χ2n) is 5.45. The molecule has 1 aliphatic rings. The van der Waals surface area contributed by atoms with Gasteiger partial charge in [-0.05, 0) is 59.2 Å². The van der Waals surface area contributed by atoms with Gasteiger partial charge in [0.1, 0.15) is 5.75 Å². The average molecular weight is 413 g/mol. The molecule has 1 aliphatic heterocycles. The molecule has 0 fully saturated rings. The molecule has 0 spiro atoms. The number of esters is 1. The largest absolute Gasteiger partial charge is 0.492 e. The molecule has 0 unspecified atom stereocenters. The summed E-state index contributed by atoms with van der Waals surface area (Å²) in [7, 11) is 1.37. The van der Waals surface area contributed by atoms with Crippen LogP contribution in [-0.2, 0) is 9.53 Å². The first-order valence-corrected chi connectivity index (χ1v) is 8.96. The topological polar surface area (TPSA) is 59.6 Å². The summed E-state index contributed by atoms with van der Waals surface area (Å²) in [6.07, 6.45) is 2.09. The van der Waals surface area contributed by atoms with Crippen LogP contribution in [0.3, 0.4) is 0 Å². The van der Waals surface area contributed by atoms with Crippen molar-refractivity contribution in [3.05, 3.63) is 39.5 Å².